The van der Waals surface area contributed by atoms with Crippen LogP contribution >= 0.6 is 0 Å². The largest absolute Gasteiger partial charge is 0.494 e. The number of nitrogens with zero attached hydrogens (tertiary/aromatic N) is 2. The molecule has 440 valence electrons. The van der Waals surface area contributed by atoms with E-state index in [2.05, 4.69) is 13.8 Å². The summed E-state index contributed by atoms with van der Waals surface area (Å²) in [6.07, 6.45) is 10.7. The fourth-order valence-corrected chi connectivity index (χ4v) is 8.41. The Morgan fingerprint density at radius 1 is 0.388 bits per heavy atom. The molecule has 7 aromatic rings. The van der Waals surface area contributed by atoms with Crippen LogP contribution in [0.5, 0.6) is 34.5 Å². The molecule has 0 aliphatic carbocycles. The SMILES string of the molecule is CCCCCCCOc1ccc(C(=O)Oc2ccc(OC(=O)c3cccc(C(=O)Oc4ccc(OC(=O)c5ccc(OCCCCCCC)cc5)cc4C(=O)OCc4ccc([N+](=O)[O-])cc4)c3C)c(C(=O)OCc3ccc([N+](=O)[O-])cc3)c2)cc1. The first-order chi connectivity index (χ1) is 41.1. The third kappa shape index (κ3) is 18.4. The van der Waals surface area contributed by atoms with Gasteiger partial charge in [0.2, 0.25) is 0 Å². The summed E-state index contributed by atoms with van der Waals surface area (Å²) in [5.74, 6) is -5.51. The number of hydrogen-bond donors (Lipinski definition) is 0. The fourth-order valence-electron chi connectivity index (χ4n) is 8.41. The second-order valence-corrected chi connectivity index (χ2v) is 19.4. The number of benzene rings is 7. The van der Waals surface area contributed by atoms with Crippen LogP contribution in [0, 0.1) is 27.2 Å². The summed E-state index contributed by atoms with van der Waals surface area (Å²) >= 11 is 0. The van der Waals surface area contributed by atoms with Crippen LogP contribution in [-0.2, 0) is 22.7 Å². The van der Waals surface area contributed by atoms with E-state index in [1.807, 2.05) is 0 Å². The van der Waals surface area contributed by atoms with Gasteiger partial charge >= 0.3 is 35.8 Å². The van der Waals surface area contributed by atoms with Crippen molar-refractivity contribution in [3.63, 3.8) is 0 Å². The minimum Gasteiger partial charge on any atom is -0.494 e. The summed E-state index contributed by atoms with van der Waals surface area (Å²) < 4.78 is 45.5. The summed E-state index contributed by atoms with van der Waals surface area (Å²) in [6.45, 7) is 6.04. The second-order valence-electron chi connectivity index (χ2n) is 19.4. The maximum Gasteiger partial charge on any atom is 0.343 e. The van der Waals surface area contributed by atoms with Crippen LogP contribution < -0.4 is 28.4 Å². The predicted molar refractivity (Wildman–Crippen MR) is 310 cm³/mol. The van der Waals surface area contributed by atoms with Gasteiger partial charge in [-0.15, -0.1) is 0 Å². The van der Waals surface area contributed by atoms with Gasteiger partial charge in [-0.1, -0.05) is 71.3 Å². The van der Waals surface area contributed by atoms with Crippen LogP contribution in [-0.4, -0.2) is 58.9 Å². The molecule has 0 aliphatic rings. The Morgan fingerprint density at radius 3 is 1.12 bits per heavy atom. The molecule has 20 heteroatoms. The van der Waals surface area contributed by atoms with E-state index >= 15 is 0 Å². The number of nitro benzene ring substituents is 2. The Kier molecular flexibility index (Phi) is 22.9. The number of hydrogen-bond acceptors (Lipinski definition) is 18. The van der Waals surface area contributed by atoms with Crippen molar-refractivity contribution in [3.8, 4) is 34.5 Å². The van der Waals surface area contributed by atoms with Gasteiger partial charge in [0.05, 0.1) is 45.3 Å². The molecule has 0 fully saturated rings. The standard InChI is InChI=1S/C65H62N2O18/c1-4-6-8-10-12-37-78-50-29-21-46(22-30-50)60(68)82-52-33-35-58(56(39-52)62(70)80-41-44-17-25-48(26-18-44)66(74)75)84-64(72)54-15-14-16-55(43(54)3)65(73)85-59-36-34-53(40-57(59)63(71)81-42-45-19-27-49(28-20-45)67(76)77)83-61(69)47-23-31-51(32-24-47)79-38-13-11-9-7-5-2/h14-36,39-40H,4-13,37-38,41-42H2,1-3H3. The summed E-state index contributed by atoms with van der Waals surface area (Å²) in [4.78, 5) is 104. The molecule has 7 aromatic carbocycles. The zero-order chi connectivity index (χ0) is 60.7. The highest BCUT2D eigenvalue weighted by Crippen LogP contribution is 2.31. The molecule has 85 heavy (non-hydrogen) atoms. The third-order valence-electron chi connectivity index (χ3n) is 13.2. The van der Waals surface area contributed by atoms with Gasteiger partial charge in [0.15, 0.2) is 0 Å². The van der Waals surface area contributed by atoms with Crippen molar-refractivity contribution in [1.29, 1.82) is 0 Å². The van der Waals surface area contributed by atoms with Crippen LogP contribution in [0.25, 0.3) is 0 Å². The fraction of sp³-hybridized carbons (Fsp3) is 0.262. The molecule has 0 heterocycles. The van der Waals surface area contributed by atoms with E-state index in [1.54, 1.807) is 24.3 Å². The van der Waals surface area contributed by atoms with E-state index in [9.17, 15) is 49.0 Å². The Bertz CT molecular complexity index is 3260. The first-order valence-electron chi connectivity index (χ1n) is 27.6. The van der Waals surface area contributed by atoms with Crippen LogP contribution in [0.15, 0.2) is 152 Å². The molecule has 0 bridgehead atoms. The average molecular weight is 1160 g/mol. The van der Waals surface area contributed by atoms with Gasteiger partial charge in [0, 0.05) is 24.3 Å². The molecule has 0 aliphatic heterocycles. The number of nitro groups is 2. The molecule has 0 atom stereocenters. The van der Waals surface area contributed by atoms with Crippen molar-refractivity contribution >= 4 is 47.2 Å². The lowest BCUT2D eigenvalue weighted by Gasteiger charge is -2.15. The number of unbranched alkanes of at least 4 members (excludes halogenated alkanes) is 8. The van der Waals surface area contributed by atoms with Crippen molar-refractivity contribution < 1.29 is 76.5 Å². The highest BCUT2D eigenvalue weighted by molar-refractivity contribution is 6.02. The molecular weight excluding hydrogens is 1100 g/mol. The molecule has 7 rings (SSSR count). The van der Waals surface area contributed by atoms with Gasteiger partial charge in [-0.05, 0) is 158 Å². The Morgan fingerprint density at radius 2 is 0.753 bits per heavy atom. The summed E-state index contributed by atoms with van der Waals surface area (Å²) in [6, 6.07) is 34.5. The minimum atomic E-state index is -1.05. The lowest BCUT2D eigenvalue weighted by Crippen LogP contribution is -2.18. The quantitative estimate of drug-likeness (QED) is 0.0133. The number of carbonyl (C=O) groups excluding carboxylic acids is 6. The highest BCUT2D eigenvalue weighted by Gasteiger charge is 2.26. The van der Waals surface area contributed by atoms with Gasteiger partial charge in [-0.25, -0.2) is 28.8 Å². The zero-order valence-corrected chi connectivity index (χ0v) is 47.1. The molecule has 0 aromatic heterocycles. The Labute approximate surface area is 489 Å². The van der Waals surface area contributed by atoms with Gasteiger partial charge in [-0.2, -0.15) is 0 Å². The lowest BCUT2D eigenvalue weighted by molar-refractivity contribution is -0.385. The zero-order valence-electron chi connectivity index (χ0n) is 47.1. The normalized spacial score (nSPS) is 10.7. The Balaban J connectivity index is 1.08. The van der Waals surface area contributed by atoms with Crippen LogP contribution in [0.2, 0.25) is 0 Å². The third-order valence-corrected chi connectivity index (χ3v) is 13.2. The van der Waals surface area contributed by atoms with Crippen molar-refractivity contribution in [3.05, 3.63) is 222 Å². The van der Waals surface area contributed by atoms with Gasteiger partial charge < -0.3 is 37.9 Å². The first-order valence-corrected chi connectivity index (χ1v) is 27.6. The lowest BCUT2D eigenvalue weighted by atomic mass is 10.0. The smallest absolute Gasteiger partial charge is 0.343 e. The highest BCUT2D eigenvalue weighted by atomic mass is 16.6. The summed E-state index contributed by atoms with van der Waals surface area (Å²) in [5.41, 5.74) is -0.241. The number of non-ortho nitro benzene ring substituents is 2. The van der Waals surface area contributed by atoms with Crippen molar-refractivity contribution in [2.24, 2.45) is 0 Å². The van der Waals surface area contributed by atoms with Gasteiger partial charge in [-0.3, -0.25) is 20.2 Å². The number of ether oxygens (including phenoxy) is 8. The molecule has 0 amide bonds. The van der Waals surface area contributed by atoms with Crippen molar-refractivity contribution in [2.45, 2.75) is 98.2 Å². The topological polar surface area (TPSA) is 263 Å². The van der Waals surface area contributed by atoms with Gasteiger partial charge in [0.25, 0.3) is 11.4 Å². The minimum absolute atomic E-state index is 0.0463. The van der Waals surface area contributed by atoms with E-state index in [0.29, 0.717) is 35.8 Å². The van der Waals surface area contributed by atoms with E-state index in [1.165, 1.54) is 122 Å². The molecule has 0 unspecified atom stereocenters. The molecule has 0 N–H and O–H groups in total. The van der Waals surface area contributed by atoms with Crippen LogP contribution in [0.1, 0.15) is 157 Å². The molecular formula is C65H62N2O18. The molecule has 0 saturated heterocycles. The maximum atomic E-state index is 14.1. The molecule has 0 radical (unpaired) electrons. The first kappa shape index (κ1) is 62.4. The molecule has 0 saturated carbocycles. The predicted octanol–water partition coefficient (Wildman–Crippen LogP) is 14.1. The average Bonchev–Trinajstić information content (AvgIpc) is 3.67. The van der Waals surface area contributed by atoms with Crippen LogP contribution in [0.3, 0.4) is 0 Å². The summed E-state index contributed by atoms with van der Waals surface area (Å²) in [5, 5.41) is 22.5. The monoisotopic (exact) mass is 1160 g/mol. The van der Waals surface area contributed by atoms with Crippen molar-refractivity contribution in [2.75, 3.05) is 13.2 Å². The molecule has 20 nitrogen and oxygen atoms in total. The second kappa shape index (κ2) is 31.3. The van der Waals surface area contributed by atoms with Gasteiger partial charge in [0.1, 0.15) is 58.8 Å². The van der Waals surface area contributed by atoms with E-state index < -0.39 is 45.7 Å². The Hall–Kier alpha value is -10.2. The maximum absolute atomic E-state index is 14.1. The van der Waals surface area contributed by atoms with Crippen molar-refractivity contribution in [1.82, 2.24) is 0 Å². The van der Waals surface area contributed by atoms with E-state index in [-0.39, 0.29) is 86.5 Å². The summed E-state index contributed by atoms with van der Waals surface area (Å²) in [7, 11) is 0. The number of rotatable bonds is 30. The number of esters is 6. The van der Waals surface area contributed by atoms with E-state index in [0.717, 1.165) is 76.3 Å². The number of carbonyl (C=O) groups is 6. The van der Waals surface area contributed by atoms with E-state index in [4.69, 9.17) is 37.9 Å². The van der Waals surface area contributed by atoms with Crippen LogP contribution in [0.4, 0.5) is 11.4 Å². The molecule has 0 spiro atoms.